The molecule has 0 unspecified atom stereocenters. The highest BCUT2D eigenvalue weighted by molar-refractivity contribution is 7.08. The monoisotopic (exact) mass is 396 g/mol. The minimum atomic E-state index is -0.533. The van der Waals surface area contributed by atoms with Crippen molar-refractivity contribution in [3.63, 3.8) is 0 Å². The second-order valence-corrected chi connectivity index (χ2v) is 6.54. The zero-order valence-corrected chi connectivity index (χ0v) is 15.6. The number of nitrogens with one attached hydrogen (secondary N) is 1. The first-order valence-corrected chi connectivity index (χ1v) is 9.35. The Bertz CT molecular complexity index is 974. The van der Waals surface area contributed by atoms with Gasteiger partial charge < -0.3 is 14.6 Å². The summed E-state index contributed by atoms with van der Waals surface area (Å²) in [7, 11) is 0. The number of anilines is 1. The number of hydrogen-bond donors (Lipinski definition) is 1. The molecule has 28 heavy (non-hydrogen) atoms. The molecule has 3 aromatic rings. The summed E-state index contributed by atoms with van der Waals surface area (Å²) in [6.45, 7) is -0.386. The van der Waals surface area contributed by atoms with Crippen LogP contribution >= 0.6 is 11.3 Å². The van der Waals surface area contributed by atoms with Crippen LogP contribution in [0.1, 0.15) is 17.9 Å². The number of amides is 1. The Morgan fingerprint density at radius 3 is 2.79 bits per heavy atom. The summed E-state index contributed by atoms with van der Waals surface area (Å²) in [6, 6.07) is 10.8. The molecular formula is C19H16N4O4S. The van der Waals surface area contributed by atoms with Gasteiger partial charge >= 0.3 is 5.97 Å². The highest BCUT2D eigenvalue weighted by atomic mass is 32.1. The Morgan fingerprint density at radius 2 is 2.07 bits per heavy atom. The van der Waals surface area contributed by atoms with Crippen molar-refractivity contribution >= 4 is 28.9 Å². The average Bonchev–Trinajstić information content (AvgIpc) is 3.38. The zero-order valence-electron chi connectivity index (χ0n) is 14.8. The number of nitrogens with zero attached hydrogens (tertiary/aromatic N) is 3. The molecule has 0 saturated carbocycles. The molecule has 9 heteroatoms. The van der Waals surface area contributed by atoms with Crippen LogP contribution in [0.4, 0.5) is 5.69 Å². The maximum Gasteiger partial charge on any atom is 0.306 e. The molecule has 0 atom stereocenters. The van der Waals surface area contributed by atoms with Gasteiger partial charge in [0.05, 0.1) is 18.9 Å². The third-order valence-electron chi connectivity index (χ3n) is 3.68. The summed E-state index contributed by atoms with van der Waals surface area (Å²) in [5.74, 6) is -0.168. The minimum absolute atomic E-state index is 0.0292. The van der Waals surface area contributed by atoms with Gasteiger partial charge in [0, 0.05) is 23.1 Å². The maximum absolute atomic E-state index is 11.9. The quantitative estimate of drug-likeness (QED) is 0.581. The van der Waals surface area contributed by atoms with E-state index in [4.69, 9.17) is 14.5 Å². The lowest BCUT2D eigenvalue weighted by Gasteiger charge is -2.06. The fourth-order valence-electron chi connectivity index (χ4n) is 2.29. The number of rotatable bonds is 8. The van der Waals surface area contributed by atoms with E-state index in [0.29, 0.717) is 23.8 Å². The van der Waals surface area contributed by atoms with Gasteiger partial charge in [0.15, 0.2) is 6.61 Å². The maximum atomic E-state index is 11.9. The van der Waals surface area contributed by atoms with Gasteiger partial charge in [-0.1, -0.05) is 17.3 Å². The minimum Gasteiger partial charge on any atom is -0.456 e. The standard InChI is InChI=1S/C19H16N4O4S/c20-9-7-13-1-3-15(4-2-13)21-16(24)11-26-18(25)6-5-17-22-19(23-27-17)14-8-10-28-12-14/h1-4,8,10,12H,5-7,11H2,(H,21,24). The van der Waals surface area contributed by atoms with E-state index in [1.807, 2.05) is 22.9 Å². The number of carbonyl (C=O) groups is 2. The molecule has 0 spiro atoms. The van der Waals surface area contributed by atoms with Crippen LogP contribution in [-0.4, -0.2) is 28.6 Å². The van der Waals surface area contributed by atoms with Crippen molar-refractivity contribution in [2.24, 2.45) is 0 Å². The van der Waals surface area contributed by atoms with Crippen LogP contribution in [0.2, 0.25) is 0 Å². The summed E-state index contributed by atoms with van der Waals surface area (Å²) >= 11 is 1.53. The Labute approximate surface area is 164 Å². The molecule has 142 valence electrons. The van der Waals surface area contributed by atoms with E-state index in [9.17, 15) is 9.59 Å². The van der Waals surface area contributed by atoms with E-state index in [2.05, 4.69) is 15.5 Å². The smallest absolute Gasteiger partial charge is 0.306 e. The molecule has 0 bridgehead atoms. The van der Waals surface area contributed by atoms with Crippen molar-refractivity contribution in [2.75, 3.05) is 11.9 Å². The van der Waals surface area contributed by atoms with Crippen LogP contribution < -0.4 is 5.32 Å². The predicted octanol–water partition coefficient (Wildman–Crippen LogP) is 2.98. The lowest BCUT2D eigenvalue weighted by atomic mass is 10.1. The summed E-state index contributed by atoms with van der Waals surface area (Å²) in [4.78, 5) is 27.9. The molecule has 3 rings (SSSR count). The van der Waals surface area contributed by atoms with Gasteiger partial charge in [0.2, 0.25) is 11.7 Å². The lowest BCUT2D eigenvalue weighted by molar-refractivity contribution is -0.147. The number of esters is 1. The number of aromatic nitrogens is 2. The lowest BCUT2D eigenvalue weighted by Crippen LogP contribution is -2.21. The third kappa shape index (κ3) is 5.49. The van der Waals surface area contributed by atoms with Crippen LogP contribution in [0.15, 0.2) is 45.6 Å². The van der Waals surface area contributed by atoms with Gasteiger partial charge in [-0.05, 0) is 29.1 Å². The molecule has 8 nitrogen and oxygen atoms in total. The van der Waals surface area contributed by atoms with Crippen molar-refractivity contribution in [3.8, 4) is 17.5 Å². The highest BCUT2D eigenvalue weighted by Crippen LogP contribution is 2.19. The van der Waals surface area contributed by atoms with E-state index < -0.39 is 11.9 Å². The normalized spacial score (nSPS) is 10.2. The molecule has 1 N–H and O–H groups in total. The molecule has 0 saturated heterocycles. The number of hydrogen-bond acceptors (Lipinski definition) is 8. The van der Waals surface area contributed by atoms with Gasteiger partial charge in [-0.3, -0.25) is 9.59 Å². The Balaban J connectivity index is 1.39. The number of aryl methyl sites for hydroxylation is 1. The van der Waals surface area contributed by atoms with Crippen LogP contribution in [0.5, 0.6) is 0 Å². The topological polar surface area (TPSA) is 118 Å². The van der Waals surface area contributed by atoms with Gasteiger partial charge in [-0.2, -0.15) is 21.6 Å². The number of ether oxygens (including phenoxy) is 1. The largest absolute Gasteiger partial charge is 0.456 e. The van der Waals surface area contributed by atoms with E-state index >= 15 is 0 Å². The molecule has 2 aromatic heterocycles. The zero-order chi connectivity index (χ0) is 19.8. The summed E-state index contributed by atoms with van der Waals surface area (Å²) < 4.78 is 10.1. The number of nitriles is 1. The molecule has 0 radical (unpaired) electrons. The first-order chi connectivity index (χ1) is 13.6. The fraction of sp³-hybridized carbons (Fsp3) is 0.211. The van der Waals surface area contributed by atoms with Crippen molar-refractivity contribution in [1.29, 1.82) is 5.26 Å². The van der Waals surface area contributed by atoms with Crippen LogP contribution in [0.3, 0.4) is 0 Å². The Kier molecular flexibility index (Phi) is 6.49. The van der Waals surface area contributed by atoms with Gasteiger partial charge in [-0.25, -0.2) is 0 Å². The molecule has 0 aliphatic heterocycles. The second kappa shape index (κ2) is 9.43. The molecule has 0 fully saturated rings. The third-order valence-corrected chi connectivity index (χ3v) is 4.36. The molecule has 0 aliphatic rings. The first kappa shape index (κ1) is 19.3. The van der Waals surface area contributed by atoms with Gasteiger partial charge in [-0.15, -0.1) is 0 Å². The van der Waals surface area contributed by atoms with Crippen LogP contribution in [0, 0.1) is 11.3 Å². The van der Waals surface area contributed by atoms with E-state index in [0.717, 1.165) is 11.1 Å². The van der Waals surface area contributed by atoms with Crippen molar-refractivity contribution in [3.05, 3.63) is 52.5 Å². The van der Waals surface area contributed by atoms with Crippen LogP contribution in [-0.2, 0) is 27.2 Å². The predicted molar refractivity (Wildman–Crippen MR) is 101 cm³/mol. The highest BCUT2D eigenvalue weighted by Gasteiger charge is 2.13. The fourth-order valence-corrected chi connectivity index (χ4v) is 2.92. The molecule has 1 aromatic carbocycles. The van der Waals surface area contributed by atoms with Gasteiger partial charge in [0.25, 0.3) is 5.91 Å². The SMILES string of the molecule is N#CCc1ccc(NC(=O)COC(=O)CCc2nc(-c3ccsc3)no2)cc1. The number of thiophene rings is 1. The second-order valence-electron chi connectivity index (χ2n) is 5.76. The molecular weight excluding hydrogens is 380 g/mol. The van der Waals surface area contributed by atoms with Crippen molar-refractivity contribution < 1.29 is 18.8 Å². The van der Waals surface area contributed by atoms with Crippen molar-refractivity contribution in [1.82, 2.24) is 10.1 Å². The summed E-state index contributed by atoms with van der Waals surface area (Å²) in [5, 5.41) is 18.9. The average molecular weight is 396 g/mol. The van der Waals surface area contributed by atoms with Gasteiger partial charge in [0.1, 0.15) is 0 Å². The Morgan fingerprint density at radius 1 is 1.25 bits per heavy atom. The van der Waals surface area contributed by atoms with Crippen LogP contribution in [0.25, 0.3) is 11.4 Å². The molecule has 1 amide bonds. The Hall–Kier alpha value is -3.51. The van der Waals surface area contributed by atoms with E-state index in [1.165, 1.54) is 11.3 Å². The summed E-state index contributed by atoms with van der Waals surface area (Å²) in [5.41, 5.74) is 2.28. The molecule has 0 aliphatic carbocycles. The van der Waals surface area contributed by atoms with E-state index in [-0.39, 0.29) is 19.4 Å². The number of benzene rings is 1. The van der Waals surface area contributed by atoms with E-state index in [1.54, 1.807) is 24.3 Å². The number of carbonyl (C=O) groups excluding carboxylic acids is 2. The first-order valence-electron chi connectivity index (χ1n) is 8.40. The summed E-state index contributed by atoms with van der Waals surface area (Å²) in [6.07, 6.45) is 0.569. The van der Waals surface area contributed by atoms with Crippen molar-refractivity contribution in [2.45, 2.75) is 19.3 Å². The molecule has 2 heterocycles.